The molecule has 1 fully saturated rings. The Labute approximate surface area is 105 Å². The van der Waals surface area contributed by atoms with E-state index in [0.29, 0.717) is 18.7 Å². The van der Waals surface area contributed by atoms with E-state index in [1.54, 1.807) is 11.0 Å². The molecular weight excluding hydrogens is 234 g/mol. The summed E-state index contributed by atoms with van der Waals surface area (Å²) in [5.41, 5.74) is 1.28. The Balaban J connectivity index is 2.06. The second-order valence-electron chi connectivity index (χ2n) is 4.56. The van der Waals surface area contributed by atoms with Gasteiger partial charge in [-0.05, 0) is 25.3 Å². The van der Waals surface area contributed by atoms with E-state index in [2.05, 4.69) is 10.2 Å². The van der Waals surface area contributed by atoms with Gasteiger partial charge in [-0.2, -0.15) is 5.10 Å². The van der Waals surface area contributed by atoms with E-state index in [1.807, 2.05) is 6.92 Å². The van der Waals surface area contributed by atoms with Crippen molar-refractivity contribution in [2.75, 3.05) is 13.1 Å². The van der Waals surface area contributed by atoms with Gasteiger partial charge < -0.3 is 10.0 Å². The maximum Gasteiger partial charge on any atom is 0.308 e. The van der Waals surface area contributed by atoms with Gasteiger partial charge in [0.15, 0.2) is 0 Å². The number of aryl methyl sites for hydroxylation is 1. The Morgan fingerprint density at radius 1 is 1.61 bits per heavy atom. The summed E-state index contributed by atoms with van der Waals surface area (Å²) in [5, 5.41) is 15.8. The Morgan fingerprint density at radius 2 is 2.39 bits per heavy atom. The number of amides is 1. The molecular formula is C12H17N3O3. The first-order chi connectivity index (χ1) is 8.61. The zero-order chi connectivity index (χ0) is 13.1. The van der Waals surface area contributed by atoms with Gasteiger partial charge in [0.2, 0.25) is 0 Å². The van der Waals surface area contributed by atoms with Crippen LogP contribution in [-0.4, -0.2) is 45.2 Å². The van der Waals surface area contributed by atoms with Crippen LogP contribution in [0.4, 0.5) is 0 Å². The standard InChI is InChI=1S/C12H17N3O3/c1-2-9-6-10(14-13-9)11(16)15-5-3-4-8(7-15)12(17)18/h6,8H,2-5,7H2,1H3,(H,13,14)(H,17,18). The lowest BCUT2D eigenvalue weighted by Crippen LogP contribution is -2.42. The van der Waals surface area contributed by atoms with Crippen molar-refractivity contribution < 1.29 is 14.7 Å². The fraction of sp³-hybridized carbons (Fsp3) is 0.583. The molecule has 1 aromatic rings. The summed E-state index contributed by atoms with van der Waals surface area (Å²) in [4.78, 5) is 24.7. The number of nitrogens with zero attached hydrogens (tertiary/aromatic N) is 2. The molecule has 18 heavy (non-hydrogen) atoms. The highest BCUT2D eigenvalue weighted by molar-refractivity contribution is 5.92. The summed E-state index contributed by atoms with van der Waals surface area (Å²) >= 11 is 0. The highest BCUT2D eigenvalue weighted by Crippen LogP contribution is 2.18. The first-order valence-corrected chi connectivity index (χ1v) is 6.18. The molecule has 6 nitrogen and oxygen atoms in total. The summed E-state index contributed by atoms with van der Waals surface area (Å²) in [5.74, 6) is -1.46. The molecule has 98 valence electrons. The van der Waals surface area contributed by atoms with Crippen LogP contribution in [0.25, 0.3) is 0 Å². The van der Waals surface area contributed by atoms with E-state index in [0.717, 1.165) is 18.5 Å². The van der Waals surface area contributed by atoms with E-state index < -0.39 is 11.9 Å². The second kappa shape index (κ2) is 5.20. The van der Waals surface area contributed by atoms with Gasteiger partial charge >= 0.3 is 5.97 Å². The molecule has 1 aliphatic heterocycles. The van der Waals surface area contributed by atoms with Gasteiger partial charge in [0.25, 0.3) is 5.91 Å². The fourth-order valence-electron chi connectivity index (χ4n) is 2.18. The number of carbonyl (C=O) groups is 2. The zero-order valence-corrected chi connectivity index (χ0v) is 10.3. The van der Waals surface area contributed by atoms with Crippen LogP contribution in [0.1, 0.15) is 35.9 Å². The van der Waals surface area contributed by atoms with Crippen molar-refractivity contribution >= 4 is 11.9 Å². The normalized spacial score (nSPS) is 19.8. The van der Waals surface area contributed by atoms with E-state index in [4.69, 9.17) is 5.11 Å². The number of carbonyl (C=O) groups excluding carboxylic acids is 1. The van der Waals surface area contributed by atoms with Crippen molar-refractivity contribution in [3.63, 3.8) is 0 Å². The molecule has 0 spiro atoms. The van der Waals surface area contributed by atoms with Gasteiger partial charge in [-0.1, -0.05) is 6.92 Å². The molecule has 1 amide bonds. The molecule has 2 N–H and O–H groups in total. The maximum atomic E-state index is 12.1. The Kier molecular flexibility index (Phi) is 3.64. The van der Waals surface area contributed by atoms with Gasteiger partial charge in [0, 0.05) is 18.8 Å². The third kappa shape index (κ3) is 2.52. The van der Waals surface area contributed by atoms with E-state index >= 15 is 0 Å². The Bertz CT molecular complexity index is 455. The molecule has 1 saturated heterocycles. The van der Waals surface area contributed by atoms with Crippen molar-refractivity contribution in [3.8, 4) is 0 Å². The topological polar surface area (TPSA) is 86.3 Å². The summed E-state index contributed by atoms with van der Waals surface area (Å²) in [6, 6.07) is 1.73. The third-order valence-corrected chi connectivity index (χ3v) is 3.29. The van der Waals surface area contributed by atoms with Gasteiger partial charge in [-0.25, -0.2) is 0 Å². The van der Waals surface area contributed by atoms with Crippen LogP contribution in [0.2, 0.25) is 0 Å². The molecule has 0 radical (unpaired) electrons. The van der Waals surface area contributed by atoms with Gasteiger partial charge in [0.05, 0.1) is 5.92 Å². The SMILES string of the molecule is CCc1cc(C(=O)N2CCCC(C(=O)O)C2)n[nH]1. The van der Waals surface area contributed by atoms with Crippen LogP contribution in [0, 0.1) is 5.92 Å². The molecule has 0 bridgehead atoms. The number of hydrogen-bond acceptors (Lipinski definition) is 3. The smallest absolute Gasteiger partial charge is 0.308 e. The van der Waals surface area contributed by atoms with E-state index in [1.165, 1.54) is 0 Å². The van der Waals surface area contributed by atoms with Crippen molar-refractivity contribution in [3.05, 3.63) is 17.5 Å². The number of H-pyrrole nitrogens is 1. The van der Waals surface area contributed by atoms with Gasteiger partial charge in [-0.3, -0.25) is 14.7 Å². The minimum Gasteiger partial charge on any atom is -0.481 e. The van der Waals surface area contributed by atoms with Crippen LogP contribution < -0.4 is 0 Å². The molecule has 0 aliphatic carbocycles. The summed E-state index contributed by atoms with van der Waals surface area (Å²) < 4.78 is 0. The molecule has 1 aromatic heterocycles. The summed E-state index contributed by atoms with van der Waals surface area (Å²) in [6.07, 6.45) is 2.16. The van der Waals surface area contributed by atoms with E-state index in [-0.39, 0.29) is 12.5 Å². The quantitative estimate of drug-likeness (QED) is 0.836. The molecule has 0 aromatic carbocycles. The van der Waals surface area contributed by atoms with Crippen LogP contribution in [-0.2, 0) is 11.2 Å². The van der Waals surface area contributed by atoms with Crippen molar-refractivity contribution in [1.82, 2.24) is 15.1 Å². The Hall–Kier alpha value is -1.85. The summed E-state index contributed by atoms with van der Waals surface area (Å²) in [7, 11) is 0. The fourth-order valence-corrected chi connectivity index (χ4v) is 2.18. The number of piperidine rings is 1. The minimum atomic E-state index is -0.830. The number of nitrogens with one attached hydrogen (secondary N) is 1. The zero-order valence-electron chi connectivity index (χ0n) is 10.3. The molecule has 2 rings (SSSR count). The highest BCUT2D eigenvalue weighted by atomic mass is 16.4. The Morgan fingerprint density at radius 3 is 3.00 bits per heavy atom. The number of aliphatic carboxylic acids is 1. The predicted molar refractivity (Wildman–Crippen MR) is 64.2 cm³/mol. The summed E-state index contributed by atoms with van der Waals surface area (Å²) in [6.45, 7) is 2.86. The monoisotopic (exact) mass is 251 g/mol. The lowest BCUT2D eigenvalue weighted by molar-refractivity contribution is -0.143. The average Bonchev–Trinajstić information content (AvgIpc) is 2.86. The van der Waals surface area contributed by atoms with Crippen LogP contribution in [0.5, 0.6) is 0 Å². The molecule has 1 unspecified atom stereocenters. The molecule has 1 aliphatic rings. The second-order valence-corrected chi connectivity index (χ2v) is 4.56. The lowest BCUT2D eigenvalue weighted by Gasteiger charge is -2.30. The number of carboxylic acids is 1. The van der Waals surface area contributed by atoms with Crippen LogP contribution in [0.15, 0.2) is 6.07 Å². The van der Waals surface area contributed by atoms with E-state index in [9.17, 15) is 9.59 Å². The highest BCUT2D eigenvalue weighted by Gasteiger charge is 2.29. The molecule has 6 heteroatoms. The first-order valence-electron chi connectivity index (χ1n) is 6.18. The number of aromatic amines is 1. The third-order valence-electron chi connectivity index (χ3n) is 3.29. The molecule has 2 heterocycles. The number of rotatable bonds is 3. The number of hydrogen-bond donors (Lipinski definition) is 2. The van der Waals surface area contributed by atoms with Gasteiger partial charge in [-0.15, -0.1) is 0 Å². The number of aromatic nitrogens is 2. The van der Waals surface area contributed by atoms with Crippen molar-refractivity contribution in [2.24, 2.45) is 5.92 Å². The van der Waals surface area contributed by atoms with Crippen LogP contribution in [0.3, 0.4) is 0 Å². The van der Waals surface area contributed by atoms with Crippen molar-refractivity contribution in [1.29, 1.82) is 0 Å². The number of carboxylic acid groups (broad SMARTS) is 1. The number of likely N-dealkylation sites (tertiary alicyclic amines) is 1. The van der Waals surface area contributed by atoms with Gasteiger partial charge in [0.1, 0.15) is 5.69 Å². The van der Waals surface area contributed by atoms with Crippen molar-refractivity contribution in [2.45, 2.75) is 26.2 Å². The predicted octanol–water partition coefficient (Wildman–Crippen LogP) is 0.909. The molecule has 0 saturated carbocycles. The maximum absolute atomic E-state index is 12.1. The first kappa shape index (κ1) is 12.6. The lowest BCUT2D eigenvalue weighted by atomic mass is 9.98. The largest absolute Gasteiger partial charge is 0.481 e. The minimum absolute atomic E-state index is 0.183. The average molecular weight is 251 g/mol. The molecule has 1 atom stereocenters. The van der Waals surface area contributed by atoms with Crippen LogP contribution >= 0.6 is 0 Å².